The van der Waals surface area contributed by atoms with E-state index in [4.69, 9.17) is 5.11 Å². The van der Waals surface area contributed by atoms with E-state index in [1.807, 2.05) is 0 Å². The summed E-state index contributed by atoms with van der Waals surface area (Å²) >= 11 is 0. The van der Waals surface area contributed by atoms with E-state index in [0.717, 1.165) is 11.8 Å². The second-order valence-corrected chi connectivity index (χ2v) is 4.03. The van der Waals surface area contributed by atoms with Gasteiger partial charge in [0.15, 0.2) is 0 Å². The zero-order valence-electron chi connectivity index (χ0n) is 6.62. The SMILES string of the molecule is O=C(O)CC1C[C@H]2CC[C@H]1C2. The lowest BCUT2D eigenvalue weighted by molar-refractivity contribution is -0.138. The third kappa shape index (κ3) is 1.26. The standard InChI is InChI=1S/C9H14O2/c10-9(11)5-8-4-6-1-2-7(8)3-6/h6-8H,1-5H2,(H,10,11)/t6-,7-,8?/m0/s1. The van der Waals surface area contributed by atoms with E-state index in [0.29, 0.717) is 12.3 Å². The summed E-state index contributed by atoms with van der Waals surface area (Å²) in [5.41, 5.74) is 0. The largest absolute Gasteiger partial charge is 0.481 e. The molecule has 2 aliphatic carbocycles. The Hall–Kier alpha value is -0.530. The van der Waals surface area contributed by atoms with E-state index in [-0.39, 0.29) is 0 Å². The Morgan fingerprint density at radius 3 is 2.64 bits per heavy atom. The smallest absolute Gasteiger partial charge is 0.303 e. The molecule has 2 heteroatoms. The van der Waals surface area contributed by atoms with Crippen molar-refractivity contribution >= 4 is 5.97 Å². The number of rotatable bonds is 2. The van der Waals surface area contributed by atoms with Crippen molar-refractivity contribution in [3.63, 3.8) is 0 Å². The first-order valence-electron chi connectivity index (χ1n) is 4.47. The number of fused-ring (bicyclic) bond motifs is 2. The zero-order chi connectivity index (χ0) is 7.84. The van der Waals surface area contributed by atoms with Crippen LogP contribution in [0.15, 0.2) is 0 Å². The molecule has 2 fully saturated rings. The molecule has 0 radical (unpaired) electrons. The van der Waals surface area contributed by atoms with Gasteiger partial charge in [-0.25, -0.2) is 0 Å². The second-order valence-electron chi connectivity index (χ2n) is 4.03. The van der Waals surface area contributed by atoms with Crippen LogP contribution >= 0.6 is 0 Å². The molecule has 3 atom stereocenters. The van der Waals surface area contributed by atoms with Crippen LogP contribution in [0.1, 0.15) is 32.1 Å². The van der Waals surface area contributed by atoms with Crippen LogP contribution in [0.3, 0.4) is 0 Å². The van der Waals surface area contributed by atoms with Crippen LogP contribution in [-0.4, -0.2) is 11.1 Å². The summed E-state index contributed by atoms with van der Waals surface area (Å²) in [4.78, 5) is 10.4. The summed E-state index contributed by atoms with van der Waals surface area (Å²) in [5, 5.41) is 8.60. The average Bonchev–Trinajstić information content (AvgIpc) is 2.45. The highest BCUT2D eigenvalue weighted by atomic mass is 16.4. The Kier molecular flexibility index (Phi) is 1.63. The van der Waals surface area contributed by atoms with Crippen LogP contribution in [0.2, 0.25) is 0 Å². The van der Waals surface area contributed by atoms with Gasteiger partial charge < -0.3 is 5.11 Å². The molecule has 2 saturated carbocycles. The zero-order valence-corrected chi connectivity index (χ0v) is 6.62. The van der Waals surface area contributed by atoms with Crippen molar-refractivity contribution in [3.05, 3.63) is 0 Å². The van der Waals surface area contributed by atoms with Gasteiger partial charge in [-0.1, -0.05) is 6.42 Å². The van der Waals surface area contributed by atoms with E-state index in [2.05, 4.69) is 0 Å². The predicted octanol–water partition coefficient (Wildman–Crippen LogP) is 1.90. The summed E-state index contributed by atoms with van der Waals surface area (Å²) in [5.74, 6) is 1.55. The Labute approximate surface area is 66.6 Å². The Morgan fingerprint density at radius 1 is 1.36 bits per heavy atom. The molecule has 0 aromatic carbocycles. The van der Waals surface area contributed by atoms with Gasteiger partial charge in [0.2, 0.25) is 0 Å². The molecule has 2 nitrogen and oxygen atoms in total. The molecule has 62 valence electrons. The molecule has 2 aliphatic rings. The first-order chi connectivity index (χ1) is 5.25. The van der Waals surface area contributed by atoms with Gasteiger partial charge in [0.1, 0.15) is 0 Å². The van der Waals surface area contributed by atoms with Gasteiger partial charge in [0.25, 0.3) is 0 Å². The lowest BCUT2D eigenvalue weighted by Gasteiger charge is -2.18. The van der Waals surface area contributed by atoms with Gasteiger partial charge in [0.05, 0.1) is 0 Å². The molecule has 1 N–H and O–H groups in total. The summed E-state index contributed by atoms with van der Waals surface area (Å²) in [7, 11) is 0. The molecule has 0 aromatic rings. The fourth-order valence-electron chi connectivity index (χ4n) is 2.85. The molecule has 11 heavy (non-hydrogen) atoms. The first kappa shape index (κ1) is 7.14. The van der Waals surface area contributed by atoms with Crippen molar-refractivity contribution in [2.24, 2.45) is 17.8 Å². The number of aliphatic carboxylic acids is 1. The number of hydrogen-bond donors (Lipinski definition) is 1. The van der Waals surface area contributed by atoms with Crippen LogP contribution < -0.4 is 0 Å². The van der Waals surface area contributed by atoms with Crippen LogP contribution in [0, 0.1) is 17.8 Å². The van der Waals surface area contributed by atoms with E-state index >= 15 is 0 Å². The average molecular weight is 154 g/mol. The molecule has 0 spiro atoms. The van der Waals surface area contributed by atoms with Crippen molar-refractivity contribution < 1.29 is 9.90 Å². The Balaban J connectivity index is 1.92. The number of carboxylic acids is 1. The molecule has 0 saturated heterocycles. The van der Waals surface area contributed by atoms with Gasteiger partial charge in [-0.2, -0.15) is 0 Å². The summed E-state index contributed by atoms with van der Waals surface area (Å²) in [6, 6.07) is 0. The fraction of sp³-hybridized carbons (Fsp3) is 0.889. The number of hydrogen-bond acceptors (Lipinski definition) is 1. The molecule has 2 rings (SSSR count). The molecule has 0 amide bonds. The molecule has 1 unspecified atom stereocenters. The lowest BCUT2D eigenvalue weighted by Crippen LogP contribution is -2.14. The highest BCUT2D eigenvalue weighted by Crippen LogP contribution is 2.49. The minimum absolute atomic E-state index is 0.418. The molecule has 0 aliphatic heterocycles. The highest BCUT2D eigenvalue weighted by Gasteiger charge is 2.39. The Bertz CT molecular complexity index is 176. The van der Waals surface area contributed by atoms with Crippen molar-refractivity contribution in [1.82, 2.24) is 0 Å². The van der Waals surface area contributed by atoms with E-state index in [9.17, 15) is 4.79 Å². The van der Waals surface area contributed by atoms with Crippen LogP contribution in [0.5, 0.6) is 0 Å². The van der Waals surface area contributed by atoms with Crippen LogP contribution in [-0.2, 0) is 4.79 Å². The van der Waals surface area contributed by atoms with Gasteiger partial charge in [-0.3, -0.25) is 4.79 Å². The maximum Gasteiger partial charge on any atom is 0.303 e. The third-order valence-corrected chi connectivity index (χ3v) is 3.32. The summed E-state index contributed by atoms with van der Waals surface area (Å²) in [6.07, 6.45) is 5.58. The monoisotopic (exact) mass is 154 g/mol. The van der Waals surface area contributed by atoms with Gasteiger partial charge in [-0.05, 0) is 37.0 Å². The van der Waals surface area contributed by atoms with Gasteiger partial charge in [0, 0.05) is 6.42 Å². The van der Waals surface area contributed by atoms with Gasteiger partial charge in [-0.15, -0.1) is 0 Å². The van der Waals surface area contributed by atoms with Crippen LogP contribution in [0.25, 0.3) is 0 Å². The maximum atomic E-state index is 10.4. The third-order valence-electron chi connectivity index (χ3n) is 3.32. The summed E-state index contributed by atoms with van der Waals surface area (Å²) in [6.45, 7) is 0. The Morgan fingerprint density at radius 2 is 2.18 bits per heavy atom. The van der Waals surface area contributed by atoms with E-state index in [1.165, 1.54) is 25.7 Å². The highest BCUT2D eigenvalue weighted by molar-refractivity contribution is 5.67. The van der Waals surface area contributed by atoms with Crippen molar-refractivity contribution in [1.29, 1.82) is 0 Å². The molecule has 0 aromatic heterocycles. The minimum Gasteiger partial charge on any atom is -0.481 e. The molecule has 0 heterocycles. The minimum atomic E-state index is -0.609. The normalized spacial score (nSPS) is 41.3. The summed E-state index contributed by atoms with van der Waals surface area (Å²) < 4.78 is 0. The van der Waals surface area contributed by atoms with Gasteiger partial charge >= 0.3 is 5.97 Å². The predicted molar refractivity (Wildman–Crippen MR) is 41.2 cm³/mol. The first-order valence-corrected chi connectivity index (χ1v) is 4.47. The quantitative estimate of drug-likeness (QED) is 0.659. The number of carbonyl (C=O) groups is 1. The topological polar surface area (TPSA) is 37.3 Å². The van der Waals surface area contributed by atoms with Crippen molar-refractivity contribution in [2.75, 3.05) is 0 Å². The van der Waals surface area contributed by atoms with E-state index in [1.54, 1.807) is 0 Å². The second kappa shape index (κ2) is 2.50. The fourth-order valence-corrected chi connectivity index (χ4v) is 2.85. The lowest BCUT2D eigenvalue weighted by atomic mass is 9.86. The molecule has 2 bridgehead atoms. The van der Waals surface area contributed by atoms with E-state index < -0.39 is 5.97 Å². The van der Waals surface area contributed by atoms with Crippen molar-refractivity contribution in [3.8, 4) is 0 Å². The molecular weight excluding hydrogens is 140 g/mol. The maximum absolute atomic E-state index is 10.4. The molecular formula is C9H14O2. The number of carboxylic acid groups (broad SMARTS) is 1. The van der Waals surface area contributed by atoms with Crippen molar-refractivity contribution in [2.45, 2.75) is 32.1 Å². The van der Waals surface area contributed by atoms with Crippen LogP contribution in [0.4, 0.5) is 0 Å².